The van der Waals surface area contributed by atoms with Gasteiger partial charge in [0.15, 0.2) is 0 Å². The number of hydrogen-bond donors (Lipinski definition) is 1. The largest absolute Gasteiger partial charge is 0.424 e. The molecular formula is C21H23Cl2N7O. The van der Waals surface area contributed by atoms with Crippen LogP contribution in [0.15, 0.2) is 36.7 Å². The third-order valence-corrected chi connectivity index (χ3v) is 6.46. The van der Waals surface area contributed by atoms with E-state index in [1.807, 2.05) is 31.2 Å². The first-order chi connectivity index (χ1) is 15.1. The van der Waals surface area contributed by atoms with Crippen LogP contribution in [0.3, 0.4) is 0 Å². The minimum absolute atomic E-state index is 0.320. The van der Waals surface area contributed by atoms with Crippen LogP contribution in [0.2, 0.25) is 10.2 Å². The van der Waals surface area contributed by atoms with Crippen LogP contribution < -0.4 is 15.0 Å². The summed E-state index contributed by atoms with van der Waals surface area (Å²) >= 11 is 12.1. The van der Waals surface area contributed by atoms with Gasteiger partial charge in [-0.25, -0.2) is 14.6 Å². The number of nitrogens with zero attached hydrogens (tertiary/aromatic N) is 6. The van der Waals surface area contributed by atoms with Gasteiger partial charge in [0.25, 0.3) is 0 Å². The van der Waals surface area contributed by atoms with Gasteiger partial charge in [0, 0.05) is 36.8 Å². The van der Waals surface area contributed by atoms with E-state index in [2.05, 4.69) is 30.3 Å². The first-order valence-electron chi connectivity index (χ1n) is 10.5. The van der Waals surface area contributed by atoms with E-state index in [1.54, 1.807) is 10.7 Å². The second-order valence-electron chi connectivity index (χ2n) is 7.96. The number of aromatic nitrogens is 5. The molecule has 1 aromatic carbocycles. The number of benzene rings is 1. The molecule has 2 fully saturated rings. The lowest BCUT2D eigenvalue weighted by molar-refractivity contribution is 0.374. The van der Waals surface area contributed by atoms with Crippen LogP contribution in [-0.2, 0) is 6.54 Å². The third-order valence-electron chi connectivity index (χ3n) is 6.02. The maximum atomic E-state index is 6.07. The fraction of sp³-hybridized carbons (Fsp3) is 0.429. The molecule has 1 saturated carbocycles. The summed E-state index contributed by atoms with van der Waals surface area (Å²) in [6, 6.07) is 9.87. The molecule has 3 aromatic rings. The Labute approximate surface area is 190 Å². The quantitative estimate of drug-likeness (QED) is 0.542. The molecule has 162 valence electrons. The number of anilines is 2. The van der Waals surface area contributed by atoms with E-state index < -0.39 is 0 Å². The molecule has 2 bridgehead atoms. The van der Waals surface area contributed by atoms with Gasteiger partial charge in [-0.05, 0) is 49.8 Å². The van der Waals surface area contributed by atoms with E-state index in [0.29, 0.717) is 52.3 Å². The molecule has 5 rings (SSSR count). The zero-order valence-corrected chi connectivity index (χ0v) is 18.6. The van der Waals surface area contributed by atoms with E-state index in [-0.39, 0.29) is 0 Å². The fourth-order valence-corrected chi connectivity index (χ4v) is 4.92. The zero-order chi connectivity index (χ0) is 21.4. The number of halogens is 2. The van der Waals surface area contributed by atoms with Gasteiger partial charge in [-0.15, -0.1) is 5.10 Å². The lowest BCUT2D eigenvalue weighted by Crippen LogP contribution is -2.48. The van der Waals surface area contributed by atoms with Crippen LogP contribution in [0.4, 0.5) is 11.8 Å². The Morgan fingerprint density at radius 2 is 1.94 bits per heavy atom. The summed E-state index contributed by atoms with van der Waals surface area (Å²) in [4.78, 5) is 15.3. The Bertz CT molecular complexity index is 1060. The van der Waals surface area contributed by atoms with Crippen molar-refractivity contribution >= 4 is 35.0 Å². The standard InChI is InChI=1S/C21H23Cl2N7O/c1-2-30-21(31-16-5-3-4-15(22)8-16)27-20(28-30)26-19-13-6-7-14(19)11-29(10-13)18-9-17(23)24-12-25-18/h3-5,8-9,12-14,19H,2,6-7,10-11H2,1H3,(H,26,28)/t13-,14+,19?. The molecule has 2 aromatic heterocycles. The average Bonchev–Trinajstić information content (AvgIpc) is 3.23. The van der Waals surface area contributed by atoms with Gasteiger partial charge in [0.2, 0.25) is 5.95 Å². The summed E-state index contributed by atoms with van der Waals surface area (Å²) in [5.74, 6) is 3.09. The molecule has 2 aliphatic rings. The van der Waals surface area contributed by atoms with Crippen LogP contribution in [0, 0.1) is 11.8 Å². The van der Waals surface area contributed by atoms with Gasteiger partial charge < -0.3 is 15.0 Å². The van der Waals surface area contributed by atoms with Gasteiger partial charge >= 0.3 is 6.01 Å². The second-order valence-corrected chi connectivity index (χ2v) is 8.79. The van der Waals surface area contributed by atoms with Gasteiger partial charge in [-0.1, -0.05) is 29.3 Å². The predicted molar refractivity (Wildman–Crippen MR) is 120 cm³/mol. The lowest BCUT2D eigenvalue weighted by Gasteiger charge is -2.38. The fourth-order valence-electron chi connectivity index (χ4n) is 4.60. The monoisotopic (exact) mass is 459 g/mol. The highest BCUT2D eigenvalue weighted by atomic mass is 35.5. The first kappa shape index (κ1) is 20.3. The van der Waals surface area contributed by atoms with Crippen molar-refractivity contribution in [1.82, 2.24) is 24.7 Å². The molecule has 1 aliphatic carbocycles. The van der Waals surface area contributed by atoms with Crippen molar-refractivity contribution in [2.75, 3.05) is 23.3 Å². The van der Waals surface area contributed by atoms with Gasteiger partial charge in [-0.2, -0.15) is 4.98 Å². The smallest absolute Gasteiger partial charge is 0.322 e. The van der Waals surface area contributed by atoms with Crippen LogP contribution in [0.5, 0.6) is 11.8 Å². The SMILES string of the molecule is CCn1nc(NC2[C@@H]3CC[C@H]2CN(c2cc(Cl)ncn2)C3)nc1Oc1cccc(Cl)c1. The summed E-state index contributed by atoms with van der Waals surface area (Å²) in [6.45, 7) is 4.51. The Balaban J connectivity index is 1.30. The molecule has 0 spiro atoms. The molecular weight excluding hydrogens is 437 g/mol. The van der Waals surface area contributed by atoms with Crippen molar-refractivity contribution in [2.24, 2.45) is 11.8 Å². The van der Waals surface area contributed by atoms with E-state index in [9.17, 15) is 0 Å². The van der Waals surface area contributed by atoms with Crippen LogP contribution in [0.25, 0.3) is 0 Å². The molecule has 1 saturated heterocycles. The molecule has 0 radical (unpaired) electrons. The molecule has 1 unspecified atom stereocenters. The number of aryl methyl sites for hydroxylation is 1. The highest BCUT2D eigenvalue weighted by molar-refractivity contribution is 6.30. The van der Waals surface area contributed by atoms with E-state index in [0.717, 1.165) is 31.7 Å². The predicted octanol–water partition coefficient (Wildman–Crippen LogP) is 4.51. The second kappa shape index (κ2) is 8.51. The van der Waals surface area contributed by atoms with Crippen molar-refractivity contribution in [3.63, 3.8) is 0 Å². The Morgan fingerprint density at radius 1 is 1.13 bits per heavy atom. The molecule has 1 N–H and O–H groups in total. The lowest BCUT2D eigenvalue weighted by atomic mass is 9.92. The van der Waals surface area contributed by atoms with Crippen LogP contribution >= 0.6 is 23.2 Å². The molecule has 3 heterocycles. The highest BCUT2D eigenvalue weighted by Gasteiger charge is 2.43. The molecule has 10 heteroatoms. The Hall–Kier alpha value is -2.58. The third kappa shape index (κ3) is 4.27. The van der Waals surface area contributed by atoms with E-state index >= 15 is 0 Å². The Kier molecular flexibility index (Phi) is 5.58. The zero-order valence-electron chi connectivity index (χ0n) is 17.1. The number of nitrogens with one attached hydrogen (secondary N) is 1. The number of piperidine rings is 1. The van der Waals surface area contributed by atoms with Crippen molar-refractivity contribution in [2.45, 2.75) is 32.4 Å². The molecule has 31 heavy (non-hydrogen) atoms. The summed E-state index contributed by atoms with van der Waals surface area (Å²) < 4.78 is 7.69. The molecule has 8 nitrogen and oxygen atoms in total. The highest BCUT2D eigenvalue weighted by Crippen LogP contribution is 2.40. The number of fused-ring (bicyclic) bond motifs is 2. The normalized spacial score (nSPS) is 22.5. The Morgan fingerprint density at radius 3 is 2.65 bits per heavy atom. The molecule has 1 aliphatic heterocycles. The van der Waals surface area contributed by atoms with E-state index in [1.165, 1.54) is 6.33 Å². The molecule has 0 amide bonds. The minimum Gasteiger partial charge on any atom is -0.424 e. The van der Waals surface area contributed by atoms with Gasteiger partial charge in [0.1, 0.15) is 23.0 Å². The summed E-state index contributed by atoms with van der Waals surface area (Å²) in [5, 5.41) is 9.28. The number of rotatable bonds is 6. The maximum absolute atomic E-state index is 6.07. The van der Waals surface area contributed by atoms with E-state index in [4.69, 9.17) is 27.9 Å². The number of ether oxygens (including phenoxy) is 1. The summed E-state index contributed by atoms with van der Waals surface area (Å²) in [6.07, 6.45) is 3.85. The topological polar surface area (TPSA) is 81.0 Å². The summed E-state index contributed by atoms with van der Waals surface area (Å²) in [5.41, 5.74) is 0. The van der Waals surface area contributed by atoms with Crippen LogP contribution in [-0.4, -0.2) is 43.9 Å². The minimum atomic E-state index is 0.320. The van der Waals surface area contributed by atoms with Crippen molar-refractivity contribution in [3.05, 3.63) is 46.8 Å². The van der Waals surface area contributed by atoms with Crippen LogP contribution in [0.1, 0.15) is 19.8 Å². The maximum Gasteiger partial charge on any atom is 0.322 e. The first-order valence-corrected chi connectivity index (χ1v) is 11.2. The van der Waals surface area contributed by atoms with Gasteiger partial charge in [0.05, 0.1) is 0 Å². The average molecular weight is 460 g/mol. The van der Waals surface area contributed by atoms with Crippen molar-refractivity contribution in [3.8, 4) is 11.8 Å². The molecule has 3 atom stereocenters. The van der Waals surface area contributed by atoms with Gasteiger partial charge in [-0.3, -0.25) is 0 Å². The van der Waals surface area contributed by atoms with Crippen molar-refractivity contribution in [1.29, 1.82) is 0 Å². The number of hydrogen-bond acceptors (Lipinski definition) is 7. The van der Waals surface area contributed by atoms with Crippen molar-refractivity contribution < 1.29 is 4.74 Å². The summed E-state index contributed by atoms with van der Waals surface area (Å²) in [7, 11) is 0.